The maximum absolute atomic E-state index is 12.4. The Morgan fingerprint density at radius 3 is 2.93 bits per heavy atom. The molecular formula is C11H19FN2O. The lowest BCUT2D eigenvalue weighted by molar-refractivity contribution is -0.135. The monoisotopic (exact) mass is 214 g/mol. The van der Waals surface area contributed by atoms with Gasteiger partial charge in [-0.2, -0.15) is 0 Å². The number of carbonyl (C=O) groups excluding carboxylic acids is 1. The summed E-state index contributed by atoms with van der Waals surface area (Å²) < 4.78 is 12.4. The molecule has 2 saturated heterocycles. The first-order valence-corrected chi connectivity index (χ1v) is 5.86. The van der Waals surface area contributed by atoms with Gasteiger partial charge in [-0.3, -0.25) is 9.18 Å². The Balaban J connectivity index is 1.85. The van der Waals surface area contributed by atoms with E-state index in [4.69, 9.17) is 0 Å². The smallest absolute Gasteiger partial charge is 0.226 e. The number of amides is 1. The van der Waals surface area contributed by atoms with Gasteiger partial charge in [0, 0.05) is 25.6 Å². The zero-order valence-electron chi connectivity index (χ0n) is 9.04. The summed E-state index contributed by atoms with van der Waals surface area (Å²) in [6.45, 7) is 2.93. The van der Waals surface area contributed by atoms with Crippen LogP contribution in [-0.4, -0.2) is 43.7 Å². The molecule has 0 aromatic heterocycles. The fourth-order valence-corrected chi connectivity index (χ4v) is 2.48. The van der Waals surface area contributed by atoms with Gasteiger partial charge < -0.3 is 10.2 Å². The molecule has 2 aliphatic heterocycles. The predicted octanol–water partition coefficient (Wildman–Crippen LogP) is 0.804. The Morgan fingerprint density at radius 1 is 1.47 bits per heavy atom. The van der Waals surface area contributed by atoms with E-state index in [0.717, 1.165) is 38.9 Å². The van der Waals surface area contributed by atoms with Crippen LogP contribution in [0.5, 0.6) is 0 Å². The number of alkyl halides is 1. The number of hydrogen-bond donors (Lipinski definition) is 1. The first-order valence-electron chi connectivity index (χ1n) is 5.86. The van der Waals surface area contributed by atoms with Crippen molar-refractivity contribution in [2.75, 3.05) is 32.9 Å². The zero-order chi connectivity index (χ0) is 10.7. The maximum atomic E-state index is 12.4. The zero-order valence-corrected chi connectivity index (χ0v) is 9.04. The van der Waals surface area contributed by atoms with Crippen molar-refractivity contribution in [3.63, 3.8) is 0 Å². The van der Waals surface area contributed by atoms with Crippen molar-refractivity contribution < 1.29 is 9.18 Å². The topological polar surface area (TPSA) is 32.3 Å². The highest BCUT2D eigenvalue weighted by atomic mass is 19.1. The Kier molecular flexibility index (Phi) is 3.57. The van der Waals surface area contributed by atoms with Crippen LogP contribution in [0.25, 0.3) is 0 Å². The third-order valence-corrected chi connectivity index (χ3v) is 3.46. The summed E-state index contributed by atoms with van der Waals surface area (Å²) in [5, 5.41) is 3.24. The van der Waals surface area contributed by atoms with Crippen LogP contribution in [0.4, 0.5) is 4.39 Å². The van der Waals surface area contributed by atoms with Crippen LogP contribution in [0.2, 0.25) is 0 Å². The van der Waals surface area contributed by atoms with Gasteiger partial charge in [0.05, 0.1) is 12.6 Å². The molecule has 0 aromatic carbocycles. The van der Waals surface area contributed by atoms with E-state index in [1.807, 2.05) is 4.90 Å². The molecule has 4 heteroatoms. The lowest BCUT2D eigenvalue weighted by Gasteiger charge is -2.26. The summed E-state index contributed by atoms with van der Waals surface area (Å²) in [6.07, 6.45) is 2.90. The molecule has 1 N–H and O–H groups in total. The largest absolute Gasteiger partial charge is 0.342 e. The van der Waals surface area contributed by atoms with Crippen LogP contribution in [0.1, 0.15) is 19.3 Å². The summed E-state index contributed by atoms with van der Waals surface area (Å²) in [5.41, 5.74) is 0. The molecule has 2 fully saturated rings. The van der Waals surface area contributed by atoms with Crippen molar-refractivity contribution in [2.24, 2.45) is 11.8 Å². The Morgan fingerprint density at radius 2 is 2.33 bits per heavy atom. The second-order valence-electron chi connectivity index (χ2n) is 4.64. The molecule has 0 aromatic rings. The normalized spacial score (nSPS) is 31.9. The Bertz CT molecular complexity index is 229. The van der Waals surface area contributed by atoms with Crippen LogP contribution in [0, 0.1) is 11.8 Å². The number of rotatable bonds is 2. The number of piperidine rings is 1. The van der Waals surface area contributed by atoms with Gasteiger partial charge in [-0.05, 0) is 25.8 Å². The van der Waals surface area contributed by atoms with Gasteiger partial charge >= 0.3 is 0 Å². The average Bonchev–Trinajstić information content (AvgIpc) is 2.78. The molecular weight excluding hydrogens is 195 g/mol. The molecule has 2 heterocycles. The quantitative estimate of drug-likeness (QED) is 0.737. The number of nitrogens with one attached hydrogen (secondary N) is 1. The lowest BCUT2D eigenvalue weighted by atomic mass is 9.98. The molecule has 1 amide bonds. The average molecular weight is 214 g/mol. The minimum absolute atomic E-state index is 0.0884. The minimum Gasteiger partial charge on any atom is -0.342 e. The molecule has 2 aliphatic rings. The predicted molar refractivity (Wildman–Crippen MR) is 56.3 cm³/mol. The van der Waals surface area contributed by atoms with Crippen LogP contribution in [0.15, 0.2) is 0 Å². The van der Waals surface area contributed by atoms with Gasteiger partial charge in [-0.1, -0.05) is 0 Å². The molecule has 15 heavy (non-hydrogen) atoms. The molecule has 2 atom stereocenters. The SMILES string of the molecule is O=C(C1CCCNC1)N1CCC(CF)C1. The fraction of sp³-hybridized carbons (Fsp3) is 0.909. The van der Waals surface area contributed by atoms with E-state index in [1.54, 1.807) is 0 Å². The van der Waals surface area contributed by atoms with E-state index in [0.29, 0.717) is 6.54 Å². The Hall–Kier alpha value is -0.640. The van der Waals surface area contributed by atoms with Crippen molar-refractivity contribution in [1.29, 1.82) is 0 Å². The van der Waals surface area contributed by atoms with Crippen LogP contribution in [-0.2, 0) is 4.79 Å². The third kappa shape index (κ3) is 2.48. The van der Waals surface area contributed by atoms with E-state index < -0.39 is 0 Å². The molecule has 0 bridgehead atoms. The number of nitrogens with zero attached hydrogens (tertiary/aromatic N) is 1. The molecule has 3 nitrogen and oxygen atoms in total. The fourth-order valence-electron chi connectivity index (χ4n) is 2.48. The van der Waals surface area contributed by atoms with Gasteiger partial charge in [0.15, 0.2) is 0 Å². The van der Waals surface area contributed by atoms with Crippen molar-refractivity contribution in [3.05, 3.63) is 0 Å². The molecule has 0 saturated carbocycles. The number of likely N-dealkylation sites (tertiary alicyclic amines) is 1. The first-order chi connectivity index (χ1) is 7.31. The van der Waals surface area contributed by atoms with E-state index in [2.05, 4.69) is 5.32 Å². The summed E-state index contributed by atoms with van der Waals surface area (Å²) in [4.78, 5) is 13.9. The van der Waals surface area contributed by atoms with E-state index in [-0.39, 0.29) is 24.4 Å². The molecule has 2 unspecified atom stereocenters. The van der Waals surface area contributed by atoms with Gasteiger partial charge in [0.1, 0.15) is 0 Å². The highest BCUT2D eigenvalue weighted by molar-refractivity contribution is 5.79. The molecule has 86 valence electrons. The first kappa shape index (κ1) is 10.9. The van der Waals surface area contributed by atoms with E-state index >= 15 is 0 Å². The van der Waals surface area contributed by atoms with Gasteiger partial charge in [0.25, 0.3) is 0 Å². The third-order valence-electron chi connectivity index (χ3n) is 3.46. The highest BCUT2D eigenvalue weighted by Crippen LogP contribution is 2.21. The summed E-state index contributed by atoms with van der Waals surface area (Å²) in [5.74, 6) is 0.459. The maximum Gasteiger partial charge on any atom is 0.226 e. The second-order valence-corrected chi connectivity index (χ2v) is 4.64. The molecule has 0 spiro atoms. The van der Waals surface area contributed by atoms with E-state index in [9.17, 15) is 9.18 Å². The number of carbonyl (C=O) groups is 1. The van der Waals surface area contributed by atoms with Crippen LogP contribution >= 0.6 is 0 Å². The molecule has 2 rings (SSSR count). The second kappa shape index (κ2) is 4.92. The molecule has 0 aliphatic carbocycles. The van der Waals surface area contributed by atoms with Crippen molar-refractivity contribution >= 4 is 5.91 Å². The summed E-state index contributed by atoms with van der Waals surface area (Å²) in [6, 6.07) is 0. The minimum atomic E-state index is -0.285. The van der Waals surface area contributed by atoms with Crippen molar-refractivity contribution in [3.8, 4) is 0 Å². The van der Waals surface area contributed by atoms with E-state index in [1.165, 1.54) is 0 Å². The van der Waals surface area contributed by atoms with Crippen molar-refractivity contribution in [2.45, 2.75) is 19.3 Å². The van der Waals surface area contributed by atoms with Gasteiger partial charge in [0.2, 0.25) is 5.91 Å². The van der Waals surface area contributed by atoms with Crippen molar-refractivity contribution in [1.82, 2.24) is 10.2 Å². The summed E-state index contributed by atoms with van der Waals surface area (Å²) in [7, 11) is 0. The summed E-state index contributed by atoms with van der Waals surface area (Å²) >= 11 is 0. The van der Waals surface area contributed by atoms with Crippen LogP contribution in [0.3, 0.4) is 0 Å². The standard InChI is InChI=1S/C11H19FN2O/c12-6-9-3-5-14(8-9)11(15)10-2-1-4-13-7-10/h9-10,13H,1-8H2. The number of halogens is 1. The highest BCUT2D eigenvalue weighted by Gasteiger charge is 2.31. The van der Waals surface area contributed by atoms with Gasteiger partial charge in [-0.15, -0.1) is 0 Å². The Labute approximate surface area is 90.0 Å². The number of hydrogen-bond acceptors (Lipinski definition) is 2. The van der Waals surface area contributed by atoms with Crippen LogP contribution < -0.4 is 5.32 Å². The lowest BCUT2D eigenvalue weighted by Crippen LogP contribution is -2.42. The molecule has 0 radical (unpaired) electrons. The van der Waals surface area contributed by atoms with Gasteiger partial charge in [-0.25, -0.2) is 0 Å².